The normalized spacial score (nSPS) is 11.9. The molecule has 0 aliphatic carbocycles. The van der Waals surface area contributed by atoms with Gasteiger partial charge in [0.05, 0.1) is 33.1 Å². The predicted octanol–water partition coefficient (Wildman–Crippen LogP) is 9.83. The van der Waals surface area contributed by atoms with Gasteiger partial charge in [0.15, 0.2) is 0 Å². The van der Waals surface area contributed by atoms with Gasteiger partial charge in [-0.15, -0.1) is 0 Å². The van der Waals surface area contributed by atoms with Gasteiger partial charge >= 0.3 is 0 Å². The summed E-state index contributed by atoms with van der Waals surface area (Å²) >= 11 is 0. The topological polar surface area (TPSA) is 113 Å². The molecule has 0 saturated carbocycles. The zero-order valence-electron chi connectivity index (χ0n) is 29.5. The highest BCUT2D eigenvalue weighted by atomic mass is 15.2. The van der Waals surface area contributed by atoms with Crippen molar-refractivity contribution in [1.82, 2.24) is 49.0 Å². The van der Waals surface area contributed by atoms with Gasteiger partial charge in [0.2, 0.25) is 11.9 Å². The number of hydrogen-bond acceptors (Lipinski definition) is 8. The summed E-state index contributed by atoms with van der Waals surface area (Å²) in [6.45, 7) is 0. The Morgan fingerprint density at radius 2 is 0.714 bits per heavy atom. The lowest BCUT2D eigenvalue weighted by Crippen LogP contribution is -2.01. The molecule has 0 bridgehead atoms. The molecule has 0 fully saturated rings. The van der Waals surface area contributed by atoms with Crippen LogP contribution in [-0.2, 0) is 0 Å². The summed E-state index contributed by atoms with van der Waals surface area (Å²) in [6.07, 6.45) is 18.1. The highest BCUT2D eigenvalue weighted by molar-refractivity contribution is 6.30. The van der Waals surface area contributed by atoms with Crippen molar-refractivity contribution in [2.75, 3.05) is 0 Å². The van der Waals surface area contributed by atoms with Crippen LogP contribution in [0.25, 0.3) is 110 Å². The Bertz CT molecular complexity index is 3270. The lowest BCUT2D eigenvalue weighted by molar-refractivity contribution is 0.990. The first kappa shape index (κ1) is 30.5. The number of pyridine rings is 2. The van der Waals surface area contributed by atoms with Gasteiger partial charge in [-0.1, -0.05) is 36.4 Å². The van der Waals surface area contributed by atoms with Crippen molar-refractivity contribution in [1.29, 1.82) is 0 Å². The van der Waals surface area contributed by atoms with Crippen molar-refractivity contribution in [3.63, 3.8) is 0 Å². The van der Waals surface area contributed by atoms with E-state index in [0.717, 1.165) is 98.4 Å². The lowest BCUT2D eigenvalue weighted by atomic mass is 9.96. The van der Waals surface area contributed by atoms with Crippen molar-refractivity contribution >= 4 is 76.2 Å². The van der Waals surface area contributed by atoms with Crippen LogP contribution in [0, 0.1) is 0 Å². The second-order valence-electron chi connectivity index (χ2n) is 13.8. The molecular weight excluding hydrogens is 693 g/mol. The van der Waals surface area contributed by atoms with E-state index in [1.807, 2.05) is 49.1 Å². The van der Waals surface area contributed by atoms with E-state index < -0.39 is 0 Å². The van der Waals surface area contributed by atoms with E-state index in [1.165, 1.54) is 0 Å². The van der Waals surface area contributed by atoms with Crippen LogP contribution in [0.2, 0.25) is 0 Å². The molecule has 0 amide bonds. The van der Waals surface area contributed by atoms with Crippen molar-refractivity contribution in [3.8, 4) is 34.2 Å². The fourth-order valence-corrected chi connectivity index (χ4v) is 8.29. The number of aromatic nitrogens is 10. The molecule has 7 heterocycles. The smallest absolute Gasteiger partial charge is 0.234 e. The SMILES string of the molecule is c1ccc2c(c1)c1cc3c4cc5c6ccccc6n(-c6ncc(-c7ccncc7)cn6)c5cc4c4nccnc4c3cc1n2-c1ncc(-c2ccncc2)cn1. The molecule has 5 aromatic carbocycles. The molecular formula is C46H26N10. The van der Waals surface area contributed by atoms with E-state index in [1.54, 1.807) is 37.2 Å². The average molecular weight is 719 g/mol. The summed E-state index contributed by atoms with van der Waals surface area (Å²) in [6, 6.07) is 33.8. The minimum Gasteiger partial charge on any atom is -0.278 e. The maximum Gasteiger partial charge on any atom is 0.234 e. The first-order valence-corrected chi connectivity index (χ1v) is 18.2. The van der Waals surface area contributed by atoms with Crippen LogP contribution in [0.3, 0.4) is 0 Å². The van der Waals surface area contributed by atoms with E-state index in [2.05, 4.69) is 91.9 Å². The molecule has 0 aliphatic heterocycles. The minimum absolute atomic E-state index is 0.593. The summed E-state index contributed by atoms with van der Waals surface area (Å²) in [5.74, 6) is 1.19. The van der Waals surface area contributed by atoms with Crippen LogP contribution >= 0.6 is 0 Å². The molecule has 0 atom stereocenters. The van der Waals surface area contributed by atoms with Gasteiger partial charge in [-0.2, -0.15) is 0 Å². The molecule has 7 aromatic heterocycles. The van der Waals surface area contributed by atoms with Crippen LogP contribution in [-0.4, -0.2) is 49.0 Å². The second-order valence-corrected chi connectivity index (χ2v) is 13.8. The predicted molar refractivity (Wildman–Crippen MR) is 221 cm³/mol. The number of rotatable bonds is 4. The number of para-hydroxylation sites is 2. The summed E-state index contributed by atoms with van der Waals surface area (Å²) in [4.78, 5) is 37.8. The standard InChI is InChI=1S/C46H26N10/c1-3-7-39-31(5-1)35-19-33-34-20-36-32-6-2-4-8-40(32)56(46-53-25-30(26-54-46)28-11-15-48-16-12-28)42(36)22-38(34)44-43(49-17-18-50-44)37(33)21-41(35)55(39)45-51-23-29(24-52-45)27-9-13-47-14-10-27/h1-26H. The van der Waals surface area contributed by atoms with Crippen LogP contribution in [0.15, 0.2) is 159 Å². The van der Waals surface area contributed by atoms with E-state index in [-0.39, 0.29) is 0 Å². The molecule has 12 aromatic rings. The maximum absolute atomic E-state index is 4.97. The molecule has 10 heteroatoms. The molecule has 0 N–H and O–H groups in total. The first-order valence-electron chi connectivity index (χ1n) is 18.2. The third-order valence-corrected chi connectivity index (χ3v) is 10.8. The van der Waals surface area contributed by atoms with Crippen LogP contribution in [0.4, 0.5) is 0 Å². The quantitative estimate of drug-likeness (QED) is 0.165. The Kier molecular flexibility index (Phi) is 6.40. The van der Waals surface area contributed by atoms with E-state index in [9.17, 15) is 0 Å². The minimum atomic E-state index is 0.593. The lowest BCUT2D eigenvalue weighted by Gasteiger charge is -2.12. The summed E-state index contributed by atoms with van der Waals surface area (Å²) in [7, 11) is 0. The molecule has 0 radical (unpaired) electrons. The summed E-state index contributed by atoms with van der Waals surface area (Å²) in [5.41, 5.74) is 9.56. The van der Waals surface area contributed by atoms with Gasteiger partial charge in [-0.05, 0) is 82.6 Å². The zero-order valence-corrected chi connectivity index (χ0v) is 29.5. The van der Waals surface area contributed by atoms with Crippen LogP contribution in [0.5, 0.6) is 0 Å². The summed E-state index contributed by atoms with van der Waals surface area (Å²) in [5, 5.41) is 8.62. The van der Waals surface area contributed by atoms with Gasteiger partial charge < -0.3 is 0 Å². The summed E-state index contributed by atoms with van der Waals surface area (Å²) < 4.78 is 4.28. The van der Waals surface area contributed by atoms with Gasteiger partial charge in [-0.25, -0.2) is 19.9 Å². The largest absolute Gasteiger partial charge is 0.278 e. The van der Waals surface area contributed by atoms with Gasteiger partial charge in [0.1, 0.15) is 0 Å². The van der Waals surface area contributed by atoms with E-state index >= 15 is 0 Å². The molecule has 56 heavy (non-hydrogen) atoms. The molecule has 260 valence electrons. The van der Waals surface area contributed by atoms with Gasteiger partial charge in [-0.3, -0.25) is 29.1 Å². The number of benzene rings is 5. The molecule has 0 saturated heterocycles. The molecule has 0 aliphatic rings. The number of nitrogens with zero attached hydrogens (tertiary/aromatic N) is 10. The van der Waals surface area contributed by atoms with Crippen molar-refractivity contribution < 1.29 is 0 Å². The van der Waals surface area contributed by atoms with Crippen LogP contribution in [0.1, 0.15) is 0 Å². The second kappa shape index (κ2) is 11.8. The van der Waals surface area contributed by atoms with E-state index in [4.69, 9.17) is 29.9 Å². The van der Waals surface area contributed by atoms with Gasteiger partial charge in [0, 0.05) is 105 Å². The Morgan fingerprint density at radius 3 is 1.14 bits per heavy atom. The Hall–Kier alpha value is -7.98. The number of hydrogen-bond donors (Lipinski definition) is 0. The molecule has 0 spiro atoms. The Labute approximate surface area is 317 Å². The highest BCUT2D eigenvalue weighted by Crippen LogP contribution is 2.42. The fraction of sp³-hybridized carbons (Fsp3) is 0. The maximum atomic E-state index is 4.97. The molecule has 0 unspecified atom stereocenters. The monoisotopic (exact) mass is 718 g/mol. The molecule has 10 nitrogen and oxygen atoms in total. The first-order chi connectivity index (χ1) is 27.8. The number of fused-ring (bicyclic) bond motifs is 12. The Morgan fingerprint density at radius 1 is 0.304 bits per heavy atom. The van der Waals surface area contributed by atoms with Crippen LogP contribution < -0.4 is 0 Å². The third kappa shape index (κ3) is 4.44. The van der Waals surface area contributed by atoms with Crippen molar-refractivity contribution in [2.24, 2.45) is 0 Å². The third-order valence-electron chi connectivity index (χ3n) is 10.8. The Balaban J connectivity index is 1.13. The van der Waals surface area contributed by atoms with Crippen molar-refractivity contribution in [2.45, 2.75) is 0 Å². The highest BCUT2D eigenvalue weighted by Gasteiger charge is 2.21. The fourth-order valence-electron chi connectivity index (χ4n) is 8.29. The molecule has 12 rings (SSSR count). The average Bonchev–Trinajstić information content (AvgIpc) is 3.78. The van der Waals surface area contributed by atoms with E-state index in [0.29, 0.717) is 11.9 Å². The van der Waals surface area contributed by atoms with Crippen molar-refractivity contribution in [3.05, 3.63) is 159 Å². The van der Waals surface area contributed by atoms with Gasteiger partial charge in [0.25, 0.3) is 0 Å². The zero-order chi connectivity index (χ0) is 36.7.